The van der Waals surface area contributed by atoms with Crippen molar-refractivity contribution in [2.75, 3.05) is 0 Å². The number of aliphatic hydroxyl groups excluding tert-OH is 1. The van der Waals surface area contributed by atoms with Crippen molar-refractivity contribution < 1.29 is 9.84 Å². The maximum atomic E-state index is 9.61. The van der Waals surface area contributed by atoms with Crippen molar-refractivity contribution in [2.45, 2.75) is 38.4 Å². The molecule has 1 aliphatic rings. The zero-order valence-electron chi connectivity index (χ0n) is 10.4. The first kappa shape index (κ1) is 11.5. The molecule has 2 heteroatoms. The largest absolute Gasteiger partial charge is 0.490 e. The van der Waals surface area contributed by atoms with Gasteiger partial charge in [-0.05, 0) is 42.5 Å². The molecule has 0 aliphatic heterocycles. The second-order valence-electron chi connectivity index (χ2n) is 4.95. The van der Waals surface area contributed by atoms with E-state index in [0.717, 1.165) is 34.9 Å². The summed E-state index contributed by atoms with van der Waals surface area (Å²) in [6, 6.07) is 12.2. The summed E-state index contributed by atoms with van der Waals surface area (Å²) >= 11 is 0. The topological polar surface area (TPSA) is 29.5 Å². The third-order valence-electron chi connectivity index (χ3n) is 3.75. The monoisotopic (exact) mass is 242 g/mol. The quantitative estimate of drug-likeness (QED) is 0.890. The van der Waals surface area contributed by atoms with E-state index in [1.54, 1.807) is 0 Å². The van der Waals surface area contributed by atoms with Crippen LogP contribution in [0.4, 0.5) is 0 Å². The molecule has 2 nitrogen and oxygen atoms in total. The van der Waals surface area contributed by atoms with Crippen LogP contribution >= 0.6 is 0 Å². The number of fused-ring (bicyclic) bond motifs is 1. The van der Waals surface area contributed by atoms with Crippen LogP contribution in [0.5, 0.6) is 5.75 Å². The van der Waals surface area contributed by atoms with Crippen LogP contribution in [0, 0.1) is 0 Å². The minimum absolute atomic E-state index is 0.0312. The molecule has 0 unspecified atom stereocenters. The van der Waals surface area contributed by atoms with Crippen molar-refractivity contribution in [3.63, 3.8) is 0 Å². The van der Waals surface area contributed by atoms with Gasteiger partial charge in [-0.25, -0.2) is 0 Å². The second kappa shape index (κ2) is 4.99. The molecule has 3 rings (SSSR count). The van der Waals surface area contributed by atoms with E-state index >= 15 is 0 Å². The molecule has 0 aromatic heterocycles. The van der Waals surface area contributed by atoms with Gasteiger partial charge in [-0.2, -0.15) is 0 Å². The molecular formula is C16H18O2. The van der Waals surface area contributed by atoms with Gasteiger partial charge in [0.25, 0.3) is 0 Å². The van der Waals surface area contributed by atoms with Gasteiger partial charge in [0.1, 0.15) is 5.75 Å². The van der Waals surface area contributed by atoms with E-state index in [4.69, 9.17) is 4.74 Å². The van der Waals surface area contributed by atoms with Crippen LogP contribution < -0.4 is 4.74 Å². The number of aliphatic hydroxyl groups is 1. The lowest BCUT2D eigenvalue weighted by atomic mass is 10.0. The van der Waals surface area contributed by atoms with E-state index in [1.807, 2.05) is 24.3 Å². The number of hydrogen-bond donors (Lipinski definition) is 1. The molecule has 0 radical (unpaired) electrons. The summed E-state index contributed by atoms with van der Waals surface area (Å²) in [5, 5.41) is 11.9. The third-order valence-corrected chi connectivity index (χ3v) is 3.75. The fourth-order valence-electron chi connectivity index (χ4n) is 2.78. The highest BCUT2D eigenvalue weighted by Crippen LogP contribution is 2.31. The van der Waals surface area contributed by atoms with E-state index in [1.165, 1.54) is 12.8 Å². The Hall–Kier alpha value is -1.54. The third kappa shape index (κ3) is 2.08. The van der Waals surface area contributed by atoms with Crippen LogP contribution in [0.3, 0.4) is 0 Å². The first-order valence-corrected chi connectivity index (χ1v) is 6.66. The first-order valence-electron chi connectivity index (χ1n) is 6.66. The Morgan fingerprint density at radius 3 is 2.61 bits per heavy atom. The van der Waals surface area contributed by atoms with Crippen LogP contribution in [0.1, 0.15) is 31.2 Å². The van der Waals surface area contributed by atoms with E-state index in [9.17, 15) is 5.11 Å². The zero-order chi connectivity index (χ0) is 12.4. The fourth-order valence-corrected chi connectivity index (χ4v) is 2.78. The Bertz CT molecular complexity index is 542. The Labute approximate surface area is 107 Å². The maximum absolute atomic E-state index is 9.61. The smallest absolute Gasteiger partial charge is 0.125 e. The minimum atomic E-state index is 0.0312. The molecule has 18 heavy (non-hydrogen) atoms. The Morgan fingerprint density at radius 2 is 1.83 bits per heavy atom. The molecule has 94 valence electrons. The lowest BCUT2D eigenvalue weighted by Gasteiger charge is -2.17. The van der Waals surface area contributed by atoms with E-state index in [0.29, 0.717) is 6.10 Å². The summed E-state index contributed by atoms with van der Waals surface area (Å²) in [5.74, 6) is 0.850. The van der Waals surface area contributed by atoms with Gasteiger partial charge in [0.2, 0.25) is 0 Å². The predicted molar refractivity (Wildman–Crippen MR) is 72.8 cm³/mol. The van der Waals surface area contributed by atoms with Gasteiger partial charge in [0, 0.05) is 5.56 Å². The molecule has 1 saturated carbocycles. The number of ether oxygens (including phenoxy) is 1. The average Bonchev–Trinajstić information content (AvgIpc) is 2.91. The molecule has 0 atom stereocenters. The Kier molecular flexibility index (Phi) is 3.20. The summed E-state index contributed by atoms with van der Waals surface area (Å²) in [4.78, 5) is 0. The molecule has 0 heterocycles. The molecule has 1 aliphatic carbocycles. The minimum Gasteiger partial charge on any atom is -0.490 e. The molecule has 0 bridgehead atoms. The zero-order valence-corrected chi connectivity index (χ0v) is 10.4. The molecule has 0 amide bonds. The van der Waals surface area contributed by atoms with Crippen LogP contribution in [0.2, 0.25) is 0 Å². The number of hydrogen-bond acceptors (Lipinski definition) is 2. The number of rotatable bonds is 3. The van der Waals surface area contributed by atoms with Crippen molar-refractivity contribution in [3.8, 4) is 5.75 Å². The molecule has 0 spiro atoms. The molecular weight excluding hydrogens is 224 g/mol. The van der Waals surface area contributed by atoms with Gasteiger partial charge in [-0.1, -0.05) is 30.3 Å². The van der Waals surface area contributed by atoms with Crippen molar-refractivity contribution in [2.24, 2.45) is 0 Å². The average molecular weight is 242 g/mol. The van der Waals surface area contributed by atoms with Crippen LogP contribution in [0.15, 0.2) is 36.4 Å². The van der Waals surface area contributed by atoms with Gasteiger partial charge >= 0.3 is 0 Å². The summed E-state index contributed by atoms with van der Waals surface area (Å²) in [5.41, 5.74) is 0.917. The lowest BCUT2D eigenvalue weighted by molar-refractivity contribution is 0.200. The van der Waals surface area contributed by atoms with Gasteiger partial charge in [-0.15, -0.1) is 0 Å². The highest BCUT2D eigenvalue weighted by Gasteiger charge is 2.18. The maximum Gasteiger partial charge on any atom is 0.125 e. The van der Waals surface area contributed by atoms with Crippen molar-refractivity contribution in [1.82, 2.24) is 0 Å². The van der Waals surface area contributed by atoms with Crippen molar-refractivity contribution in [1.29, 1.82) is 0 Å². The summed E-state index contributed by atoms with van der Waals surface area (Å²) < 4.78 is 6.05. The van der Waals surface area contributed by atoms with Gasteiger partial charge in [0.15, 0.2) is 0 Å². The Morgan fingerprint density at radius 1 is 1.06 bits per heavy atom. The van der Waals surface area contributed by atoms with E-state index < -0.39 is 0 Å². The van der Waals surface area contributed by atoms with Crippen LogP contribution in [-0.4, -0.2) is 11.2 Å². The summed E-state index contributed by atoms with van der Waals surface area (Å²) in [6.45, 7) is 0.0312. The molecule has 2 aromatic rings. The van der Waals surface area contributed by atoms with Gasteiger partial charge < -0.3 is 9.84 Å². The van der Waals surface area contributed by atoms with E-state index in [2.05, 4.69) is 12.1 Å². The summed E-state index contributed by atoms with van der Waals surface area (Å²) in [6.07, 6.45) is 5.12. The van der Waals surface area contributed by atoms with E-state index in [-0.39, 0.29) is 6.61 Å². The van der Waals surface area contributed by atoms with Gasteiger partial charge in [0.05, 0.1) is 12.7 Å². The van der Waals surface area contributed by atoms with Gasteiger partial charge in [-0.3, -0.25) is 0 Å². The highest BCUT2D eigenvalue weighted by atomic mass is 16.5. The SMILES string of the molecule is OCc1c(OC2CCCC2)ccc2ccccc12. The molecule has 1 N–H and O–H groups in total. The lowest BCUT2D eigenvalue weighted by Crippen LogP contribution is -2.12. The highest BCUT2D eigenvalue weighted by molar-refractivity contribution is 5.87. The first-order chi connectivity index (χ1) is 8.88. The second-order valence-corrected chi connectivity index (χ2v) is 4.95. The summed E-state index contributed by atoms with van der Waals surface area (Å²) in [7, 11) is 0. The molecule has 0 saturated heterocycles. The van der Waals surface area contributed by atoms with Crippen LogP contribution in [0.25, 0.3) is 10.8 Å². The normalized spacial score (nSPS) is 16.3. The fraction of sp³-hybridized carbons (Fsp3) is 0.375. The van der Waals surface area contributed by atoms with Crippen molar-refractivity contribution >= 4 is 10.8 Å². The molecule has 2 aromatic carbocycles. The number of benzene rings is 2. The Balaban J connectivity index is 2.00. The van der Waals surface area contributed by atoms with Crippen LogP contribution in [-0.2, 0) is 6.61 Å². The molecule has 1 fully saturated rings. The predicted octanol–water partition coefficient (Wildman–Crippen LogP) is 3.65. The standard InChI is InChI=1S/C16H18O2/c17-11-15-14-8-4-1-5-12(14)9-10-16(15)18-13-6-2-3-7-13/h1,4-5,8-10,13,17H,2-3,6-7,11H2. The van der Waals surface area contributed by atoms with Crippen molar-refractivity contribution in [3.05, 3.63) is 42.0 Å².